The van der Waals surface area contributed by atoms with Gasteiger partial charge in [0, 0.05) is 17.3 Å². The molecule has 0 heterocycles. The topological polar surface area (TPSA) is 75.3 Å². The predicted octanol–water partition coefficient (Wildman–Crippen LogP) is 2.63. The zero-order valence-corrected chi connectivity index (χ0v) is 13.2. The summed E-state index contributed by atoms with van der Waals surface area (Å²) in [4.78, 5) is 12.2. The number of carbonyl (C=O) groups excluding carboxylic acids is 1. The number of anilines is 1. The van der Waals surface area contributed by atoms with Crippen molar-refractivity contribution in [2.24, 2.45) is 0 Å². The lowest BCUT2D eigenvalue weighted by Gasteiger charge is -2.10. The van der Waals surface area contributed by atoms with Crippen molar-refractivity contribution in [2.75, 3.05) is 5.32 Å². The standard InChI is InChI=1S/C16H18N2O3S/c1-12(2)18-22(20,21)15-10-8-13(9-11-15)16(19)17-14-6-4-3-5-7-14/h3-12,18H,1-2H3,(H,17,19). The Labute approximate surface area is 130 Å². The SMILES string of the molecule is CC(C)NS(=O)(=O)c1ccc(C(=O)Nc2ccccc2)cc1. The first-order valence-electron chi connectivity index (χ1n) is 6.87. The molecule has 0 spiro atoms. The molecule has 2 N–H and O–H groups in total. The lowest BCUT2D eigenvalue weighted by Crippen LogP contribution is -2.30. The third-order valence-electron chi connectivity index (χ3n) is 2.85. The molecule has 0 saturated heterocycles. The molecule has 116 valence electrons. The summed E-state index contributed by atoms with van der Waals surface area (Å²) in [6, 6.07) is 14.7. The second kappa shape index (κ2) is 6.72. The maximum Gasteiger partial charge on any atom is 0.255 e. The Hall–Kier alpha value is -2.18. The number of benzene rings is 2. The number of rotatable bonds is 5. The molecular weight excluding hydrogens is 300 g/mol. The van der Waals surface area contributed by atoms with Gasteiger partial charge in [0.15, 0.2) is 0 Å². The molecule has 0 fully saturated rings. The van der Waals surface area contributed by atoms with Crippen LogP contribution in [-0.2, 0) is 10.0 Å². The van der Waals surface area contributed by atoms with Crippen LogP contribution in [0.15, 0.2) is 59.5 Å². The van der Waals surface area contributed by atoms with Crippen LogP contribution in [0.1, 0.15) is 24.2 Å². The number of amides is 1. The number of para-hydroxylation sites is 1. The molecular formula is C16H18N2O3S. The molecule has 0 atom stereocenters. The van der Waals surface area contributed by atoms with Crippen molar-refractivity contribution in [2.45, 2.75) is 24.8 Å². The fraction of sp³-hybridized carbons (Fsp3) is 0.188. The van der Waals surface area contributed by atoms with Crippen LogP contribution in [0.3, 0.4) is 0 Å². The molecule has 0 radical (unpaired) electrons. The third-order valence-corrected chi connectivity index (χ3v) is 4.52. The van der Waals surface area contributed by atoms with Gasteiger partial charge >= 0.3 is 0 Å². The van der Waals surface area contributed by atoms with E-state index in [-0.39, 0.29) is 16.8 Å². The molecule has 0 aromatic heterocycles. The number of nitrogens with one attached hydrogen (secondary N) is 2. The molecule has 0 unspecified atom stereocenters. The van der Waals surface area contributed by atoms with E-state index in [4.69, 9.17) is 0 Å². The molecule has 0 saturated carbocycles. The zero-order chi connectivity index (χ0) is 16.2. The van der Waals surface area contributed by atoms with Gasteiger partial charge in [0.05, 0.1) is 4.90 Å². The fourth-order valence-electron chi connectivity index (χ4n) is 1.89. The first-order valence-corrected chi connectivity index (χ1v) is 8.35. The minimum absolute atomic E-state index is 0.137. The van der Waals surface area contributed by atoms with Crippen LogP contribution in [0.25, 0.3) is 0 Å². The summed E-state index contributed by atoms with van der Waals surface area (Å²) < 4.78 is 26.5. The fourth-order valence-corrected chi connectivity index (χ4v) is 3.14. The Morgan fingerprint density at radius 1 is 0.955 bits per heavy atom. The van der Waals surface area contributed by atoms with Crippen LogP contribution in [0.2, 0.25) is 0 Å². The van der Waals surface area contributed by atoms with Gasteiger partial charge in [-0.15, -0.1) is 0 Å². The molecule has 1 amide bonds. The van der Waals surface area contributed by atoms with Crippen molar-refractivity contribution >= 4 is 21.6 Å². The molecule has 2 aromatic rings. The first-order chi connectivity index (χ1) is 10.4. The number of hydrogen-bond acceptors (Lipinski definition) is 3. The van der Waals surface area contributed by atoms with Crippen molar-refractivity contribution in [3.05, 3.63) is 60.2 Å². The first kappa shape index (κ1) is 16.2. The molecule has 2 aromatic carbocycles. The molecule has 2 rings (SSSR count). The van der Waals surface area contributed by atoms with Gasteiger partial charge in [0.25, 0.3) is 5.91 Å². The van der Waals surface area contributed by atoms with Crippen molar-refractivity contribution in [3.8, 4) is 0 Å². The lowest BCUT2D eigenvalue weighted by atomic mass is 10.2. The number of sulfonamides is 1. The van der Waals surface area contributed by atoms with Gasteiger partial charge in [0.1, 0.15) is 0 Å². The van der Waals surface area contributed by atoms with Gasteiger partial charge in [-0.1, -0.05) is 18.2 Å². The summed E-state index contributed by atoms with van der Waals surface area (Å²) in [6.45, 7) is 3.50. The van der Waals surface area contributed by atoms with E-state index < -0.39 is 10.0 Å². The van der Waals surface area contributed by atoms with E-state index in [2.05, 4.69) is 10.0 Å². The quantitative estimate of drug-likeness (QED) is 0.890. The third kappa shape index (κ3) is 4.16. The van der Waals surface area contributed by atoms with E-state index in [0.29, 0.717) is 11.3 Å². The molecule has 0 aliphatic rings. The summed E-state index contributed by atoms with van der Waals surface area (Å²) in [6.07, 6.45) is 0. The monoisotopic (exact) mass is 318 g/mol. The summed E-state index contributed by atoms with van der Waals surface area (Å²) >= 11 is 0. The van der Waals surface area contributed by atoms with Gasteiger partial charge < -0.3 is 5.32 Å². The molecule has 0 aliphatic heterocycles. The Kier molecular flexibility index (Phi) is 4.95. The lowest BCUT2D eigenvalue weighted by molar-refractivity contribution is 0.102. The Morgan fingerprint density at radius 3 is 2.09 bits per heavy atom. The van der Waals surface area contributed by atoms with Crippen LogP contribution in [-0.4, -0.2) is 20.4 Å². The maximum atomic E-state index is 12.1. The summed E-state index contributed by atoms with van der Waals surface area (Å²) in [5.74, 6) is -0.285. The van der Waals surface area contributed by atoms with E-state index in [1.54, 1.807) is 26.0 Å². The van der Waals surface area contributed by atoms with E-state index in [0.717, 1.165) is 0 Å². The largest absolute Gasteiger partial charge is 0.322 e. The van der Waals surface area contributed by atoms with Crippen LogP contribution in [0.5, 0.6) is 0 Å². The minimum atomic E-state index is -3.54. The zero-order valence-electron chi connectivity index (χ0n) is 12.4. The molecule has 0 aliphatic carbocycles. The van der Waals surface area contributed by atoms with Gasteiger partial charge in [-0.05, 0) is 50.2 Å². The highest BCUT2D eigenvalue weighted by Gasteiger charge is 2.16. The van der Waals surface area contributed by atoms with Gasteiger partial charge in [0.2, 0.25) is 10.0 Å². The highest BCUT2D eigenvalue weighted by molar-refractivity contribution is 7.89. The second-order valence-electron chi connectivity index (χ2n) is 5.12. The van der Waals surface area contributed by atoms with Gasteiger partial charge in [-0.3, -0.25) is 4.79 Å². The molecule has 0 bridgehead atoms. The predicted molar refractivity (Wildman–Crippen MR) is 86.3 cm³/mol. The maximum absolute atomic E-state index is 12.1. The van der Waals surface area contributed by atoms with Crippen LogP contribution < -0.4 is 10.0 Å². The van der Waals surface area contributed by atoms with Crippen molar-refractivity contribution in [1.82, 2.24) is 4.72 Å². The highest BCUT2D eigenvalue weighted by atomic mass is 32.2. The van der Waals surface area contributed by atoms with Gasteiger partial charge in [-0.25, -0.2) is 13.1 Å². The van der Waals surface area contributed by atoms with Crippen LogP contribution in [0.4, 0.5) is 5.69 Å². The van der Waals surface area contributed by atoms with E-state index in [1.807, 2.05) is 18.2 Å². The summed E-state index contributed by atoms with van der Waals surface area (Å²) in [5.41, 5.74) is 1.08. The molecule has 5 nitrogen and oxygen atoms in total. The normalized spacial score (nSPS) is 11.4. The summed E-state index contributed by atoms with van der Waals surface area (Å²) in [5, 5.41) is 2.74. The van der Waals surface area contributed by atoms with E-state index >= 15 is 0 Å². The van der Waals surface area contributed by atoms with Crippen molar-refractivity contribution < 1.29 is 13.2 Å². The smallest absolute Gasteiger partial charge is 0.255 e. The second-order valence-corrected chi connectivity index (χ2v) is 6.83. The van der Waals surface area contributed by atoms with Gasteiger partial charge in [-0.2, -0.15) is 0 Å². The van der Waals surface area contributed by atoms with Crippen LogP contribution >= 0.6 is 0 Å². The average Bonchev–Trinajstić information content (AvgIpc) is 2.47. The summed E-state index contributed by atoms with van der Waals surface area (Å²) in [7, 11) is -3.54. The molecule has 6 heteroatoms. The number of carbonyl (C=O) groups is 1. The Balaban J connectivity index is 2.13. The Bertz CT molecular complexity index is 739. The van der Waals surface area contributed by atoms with E-state index in [1.165, 1.54) is 24.3 Å². The minimum Gasteiger partial charge on any atom is -0.322 e. The Morgan fingerprint density at radius 2 is 1.55 bits per heavy atom. The molecule has 22 heavy (non-hydrogen) atoms. The average molecular weight is 318 g/mol. The van der Waals surface area contributed by atoms with Crippen LogP contribution in [0, 0.1) is 0 Å². The number of hydrogen-bond donors (Lipinski definition) is 2. The highest BCUT2D eigenvalue weighted by Crippen LogP contribution is 2.13. The van der Waals surface area contributed by atoms with E-state index in [9.17, 15) is 13.2 Å². The van der Waals surface area contributed by atoms with Crippen molar-refractivity contribution in [3.63, 3.8) is 0 Å². The van der Waals surface area contributed by atoms with Crippen molar-refractivity contribution in [1.29, 1.82) is 0 Å².